The van der Waals surface area contributed by atoms with Gasteiger partial charge in [0.25, 0.3) is 0 Å². The highest BCUT2D eigenvalue weighted by atomic mass is 16.6. The Bertz CT molecular complexity index is 213. The quantitative estimate of drug-likeness (QED) is 0.636. The molecule has 2 unspecified atom stereocenters. The molecule has 2 atom stereocenters. The molecule has 0 amide bonds. The predicted molar refractivity (Wildman–Crippen MR) is 56.3 cm³/mol. The van der Waals surface area contributed by atoms with E-state index in [2.05, 4.69) is 0 Å². The molecule has 4 heteroatoms. The van der Waals surface area contributed by atoms with Crippen molar-refractivity contribution < 1.29 is 19.1 Å². The van der Waals surface area contributed by atoms with Crippen LogP contribution in [0.3, 0.4) is 0 Å². The highest BCUT2D eigenvalue weighted by molar-refractivity contribution is 5.79. The van der Waals surface area contributed by atoms with Crippen LogP contribution >= 0.6 is 0 Å². The number of carbonyl (C=O) groups is 2. The fourth-order valence-corrected chi connectivity index (χ4v) is 0.982. The average Bonchev–Trinajstić information content (AvgIpc) is 2.17. The van der Waals surface area contributed by atoms with Crippen molar-refractivity contribution in [2.75, 3.05) is 6.61 Å². The fraction of sp³-hybridized carbons (Fsp3) is 0.818. The Morgan fingerprint density at radius 1 is 1.20 bits per heavy atom. The van der Waals surface area contributed by atoms with E-state index in [1.165, 1.54) is 6.92 Å². The van der Waals surface area contributed by atoms with E-state index in [1.807, 2.05) is 13.8 Å². The van der Waals surface area contributed by atoms with E-state index in [9.17, 15) is 9.59 Å². The van der Waals surface area contributed by atoms with Crippen molar-refractivity contribution in [3.8, 4) is 0 Å². The van der Waals surface area contributed by atoms with E-state index in [1.54, 1.807) is 6.92 Å². The molecule has 0 bridgehead atoms. The Kier molecular flexibility index (Phi) is 6.75. The van der Waals surface area contributed by atoms with E-state index >= 15 is 0 Å². The highest BCUT2D eigenvalue weighted by Gasteiger charge is 2.19. The molecule has 15 heavy (non-hydrogen) atoms. The van der Waals surface area contributed by atoms with Crippen LogP contribution in [-0.2, 0) is 19.1 Å². The van der Waals surface area contributed by atoms with Crippen LogP contribution in [-0.4, -0.2) is 24.6 Å². The SMILES string of the molecule is CCOC(=O)C(C)OC(=O)CC(C)CC. The second-order valence-corrected chi connectivity index (χ2v) is 3.60. The third kappa shape index (κ3) is 6.10. The largest absolute Gasteiger partial charge is 0.463 e. The molecule has 0 aromatic rings. The molecule has 0 aromatic carbocycles. The number of hydrogen-bond donors (Lipinski definition) is 0. The van der Waals surface area contributed by atoms with Crippen molar-refractivity contribution in [1.82, 2.24) is 0 Å². The molecule has 0 rings (SSSR count). The van der Waals surface area contributed by atoms with Crippen LogP contribution in [0, 0.1) is 5.92 Å². The monoisotopic (exact) mass is 216 g/mol. The lowest BCUT2D eigenvalue weighted by molar-refractivity contribution is -0.166. The van der Waals surface area contributed by atoms with Crippen molar-refractivity contribution in [2.24, 2.45) is 5.92 Å². The van der Waals surface area contributed by atoms with Crippen molar-refractivity contribution in [3.05, 3.63) is 0 Å². The van der Waals surface area contributed by atoms with Gasteiger partial charge in [-0.15, -0.1) is 0 Å². The van der Waals surface area contributed by atoms with E-state index in [4.69, 9.17) is 9.47 Å². The lowest BCUT2D eigenvalue weighted by atomic mass is 10.1. The minimum absolute atomic E-state index is 0.284. The van der Waals surface area contributed by atoms with E-state index < -0.39 is 12.1 Å². The summed E-state index contributed by atoms with van der Waals surface area (Å²) in [6.45, 7) is 7.51. The molecule has 0 N–H and O–H groups in total. The zero-order valence-corrected chi connectivity index (χ0v) is 9.91. The Balaban J connectivity index is 3.90. The summed E-state index contributed by atoms with van der Waals surface area (Å²) in [5.41, 5.74) is 0. The molecule has 88 valence electrons. The number of rotatable bonds is 6. The van der Waals surface area contributed by atoms with Gasteiger partial charge >= 0.3 is 11.9 Å². The van der Waals surface area contributed by atoms with Crippen LogP contribution in [0.4, 0.5) is 0 Å². The molecule has 0 fully saturated rings. The van der Waals surface area contributed by atoms with Gasteiger partial charge in [0, 0.05) is 6.42 Å². The molecule has 4 nitrogen and oxygen atoms in total. The van der Waals surface area contributed by atoms with Crippen molar-refractivity contribution in [1.29, 1.82) is 0 Å². The van der Waals surface area contributed by atoms with E-state index in [0.29, 0.717) is 13.0 Å². The molecular formula is C11H20O4. The lowest BCUT2D eigenvalue weighted by Gasteiger charge is -2.13. The summed E-state index contributed by atoms with van der Waals surface area (Å²) in [6.07, 6.45) is 0.463. The topological polar surface area (TPSA) is 52.6 Å². The number of hydrogen-bond acceptors (Lipinski definition) is 4. The molecule has 0 aliphatic carbocycles. The Morgan fingerprint density at radius 2 is 1.80 bits per heavy atom. The maximum atomic E-state index is 11.3. The second-order valence-electron chi connectivity index (χ2n) is 3.60. The Labute approximate surface area is 90.9 Å². The first-order valence-corrected chi connectivity index (χ1v) is 5.37. The first-order chi connectivity index (χ1) is 7.01. The van der Waals surface area contributed by atoms with Gasteiger partial charge in [0.05, 0.1) is 6.61 Å². The smallest absolute Gasteiger partial charge is 0.347 e. The first-order valence-electron chi connectivity index (χ1n) is 5.37. The molecule has 0 aromatic heterocycles. The van der Waals surface area contributed by atoms with Gasteiger partial charge < -0.3 is 9.47 Å². The average molecular weight is 216 g/mol. The zero-order valence-electron chi connectivity index (χ0n) is 9.91. The summed E-state index contributed by atoms with van der Waals surface area (Å²) in [5, 5.41) is 0. The summed E-state index contributed by atoms with van der Waals surface area (Å²) < 4.78 is 9.64. The van der Waals surface area contributed by atoms with Gasteiger partial charge in [-0.25, -0.2) is 4.79 Å². The standard InChI is InChI=1S/C11H20O4/c1-5-8(3)7-10(12)15-9(4)11(13)14-6-2/h8-9H,5-7H2,1-4H3. The van der Waals surface area contributed by atoms with Crippen LogP contribution < -0.4 is 0 Å². The van der Waals surface area contributed by atoms with Crippen LogP contribution in [0.1, 0.15) is 40.5 Å². The molecule has 0 spiro atoms. The Hall–Kier alpha value is -1.06. The molecule has 0 heterocycles. The van der Waals surface area contributed by atoms with Crippen LogP contribution in [0.2, 0.25) is 0 Å². The third-order valence-electron chi connectivity index (χ3n) is 2.14. The first kappa shape index (κ1) is 13.9. The summed E-state index contributed by atoms with van der Waals surface area (Å²) in [7, 11) is 0. The van der Waals surface area contributed by atoms with Crippen molar-refractivity contribution in [3.63, 3.8) is 0 Å². The van der Waals surface area contributed by atoms with Gasteiger partial charge in [-0.3, -0.25) is 4.79 Å². The molecule has 0 radical (unpaired) electrons. The summed E-state index contributed by atoms with van der Waals surface area (Å²) >= 11 is 0. The van der Waals surface area contributed by atoms with Gasteiger partial charge in [-0.05, 0) is 19.8 Å². The third-order valence-corrected chi connectivity index (χ3v) is 2.14. The molecule has 0 aliphatic heterocycles. The predicted octanol–water partition coefficient (Wildman–Crippen LogP) is 1.92. The van der Waals surface area contributed by atoms with Gasteiger partial charge in [0.15, 0.2) is 6.10 Å². The molecule has 0 saturated heterocycles. The number of carbonyl (C=O) groups excluding carboxylic acids is 2. The Morgan fingerprint density at radius 3 is 2.27 bits per heavy atom. The van der Waals surface area contributed by atoms with Crippen LogP contribution in [0.5, 0.6) is 0 Å². The van der Waals surface area contributed by atoms with E-state index in [0.717, 1.165) is 6.42 Å². The second kappa shape index (κ2) is 7.26. The van der Waals surface area contributed by atoms with Gasteiger partial charge in [-0.2, -0.15) is 0 Å². The van der Waals surface area contributed by atoms with Gasteiger partial charge in [-0.1, -0.05) is 20.3 Å². The number of ether oxygens (including phenoxy) is 2. The minimum atomic E-state index is -0.804. The maximum Gasteiger partial charge on any atom is 0.347 e. The van der Waals surface area contributed by atoms with Crippen LogP contribution in [0.15, 0.2) is 0 Å². The molecule has 0 aliphatic rings. The molecular weight excluding hydrogens is 196 g/mol. The van der Waals surface area contributed by atoms with Crippen LogP contribution in [0.25, 0.3) is 0 Å². The van der Waals surface area contributed by atoms with Gasteiger partial charge in [0.2, 0.25) is 0 Å². The van der Waals surface area contributed by atoms with E-state index in [-0.39, 0.29) is 11.9 Å². The van der Waals surface area contributed by atoms with Crippen molar-refractivity contribution in [2.45, 2.75) is 46.6 Å². The minimum Gasteiger partial charge on any atom is -0.463 e. The number of esters is 2. The normalized spacial score (nSPS) is 14.1. The molecule has 0 saturated carbocycles. The lowest BCUT2D eigenvalue weighted by Crippen LogP contribution is -2.26. The summed E-state index contributed by atoms with van der Waals surface area (Å²) in [5.74, 6) is -0.549. The van der Waals surface area contributed by atoms with Crippen molar-refractivity contribution >= 4 is 11.9 Å². The fourth-order valence-electron chi connectivity index (χ4n) is 0.982. The highest BCUT2D eigenvalue weighted by Crippen LogP contribution is 2.08. The zero-order chi connectivity index (χ0) is 11.8. The van der Waals surface area contributed by atoms with Gasteiger partial charge in [0.1, 0.15) is 0 Å². The summed E-state index contributed by atoms with van der Waals surface area (Å²) in [6, 6.07) is 0. The summed E-state index contributed by atoms with van der Waals surface area (Å²) in [4.78, 5) is 22.4. The maximum absolute atomic E-state index is 11.3.